The van der Waals surface area contributed by atoms with Crippen LogP contribution in [0, 0.1) is 5.92 Å². The maximum absolute atomic E-state index is 12.5. The molecule has 0 aliphatic carbocycles. The van der Waals surface area contributed by atoms with E-state index in [1.54, 1.807) is 0 Å². The van der Waals surface area contributed by atoms with Gasteiger partial charge in [0.05, 0.1) is 0 Å². The minimum atomic E-state index is 0.283. The number of carbonyl (C=O) groups is 1. The van der Waals surface area contributed by atoms with Crippen LogP contribution in [0.3, 0.4) is 0 Å². The maximum atomic E-state index is 12.5. The SMILES string of the molecule is CC1CC(C(=O)N2CCCCCCC2)CCN1. The largest absolute Gasteiger partial charge is 0.342 e. The summed E-state index contributed by atoms with van der Waals surface area (Å²) in [4.78, 5) is 14.6. The third-order valence-electron chi connectivity index (χ3n) is 4.14. The first kappa shape index (κ1) is 12.9. The molecule has 17 heavy (non-hydrogen) atoms. The molecule has 2 aliphatic rings. The van der Waals surface area contributed by atoms with Crippen molar-refractivity contribution in [3.8, 4) is 0 Å². The van der Waals surface area contributed by atoms with Crippen molar-refractivity contribution in [2.45, 2.75) is 57.9 Å². The lowest BCUT2D eigenvalue weighted by atomic mass is 9.91. The standard InChI is InChI=1S/C14H26N2O/c1-12-11-13(7-8-15-12)14(17)16-9-5-3-2-4-6-10-16/h12-13,15H,2-11H2,1H3. The maximum Gasteiger partial charge on any atom is 0.225 e. The molecule has 0 bridgehead atoms. The van der Waals surface area contributed by atoms with Crippen LogP contribution in [0.15, 0.2) is 0 Å². The summed E-state index contributed by atoms with van der Waals surface area (Å²) in [6.07, 6.45) is 8.40. The second kappa shape index (κ2) is 6.39. The number of carbonyl (C=O) groups excluding carboxylic acids is 1. The summed E-state index contributed by atoms with van der Waals surface area (Å²) in [6.45, 7) is 5.19. The first-order valence-electron chi connectivity index (χ1n) is 7.29. The highest BCUT2D eigenvalue weighted by Crippen LogP contribution is 2.20. The molecule has 98 valence electrons. The van der Waals surface area contributed by atoms with Gasteiger partial charge >= 0.3 is 0 Å². The summed E-state index contributed by atoms with van der Waals surface area (Å²) in [6, 6.07) is 0.507. The van der Waals surface area contributed by atoms with E-state index in [-0.39, 0.29) is 5.92 Å². The van der Waals surface area contributed by atoms with Crippen molar-refractivity contribution in [2.24, 2.45) is 5.92 Å². The molecule has 2 aliphatic heterocycles. The van der Waals surface area contributed by atoms with Crippen LogP contribution in [-0.2, 0) is 4.79 Å². The molecule has 3 heteroatoms. The van der Waals surface area contributed by atoms with Gasteiger partial charge in [0.1, 0.15) is 0 Å². The predicted molar refractivity (Wildman–Crippen MR) is 69.9 cm³/mol. The van der Waals surface area contributed by atoms with Gasteiger partial charge in [-0.15, -0.1) is 0 Å². The highest BCUT2D eigenvalue weighted by atomic mass is 16.2. The highest BCUT2D eigenvalue weighted by Gasteiger charge is 2.28. The average molecular weight is 238 g/mol. The predicted octanol–water partition coefficient (Wildman–Crippen LogP) is 2.17. The lowest BCUT2D eigenvalue weighted by molar-refractivity contribution is -0.137. The molecule has 0 aromatic heterocycles. The summed E-state index contributed by atoms with van der Waals surface area (Å²) in [7, 11) is 0. The Morgan fingerprint density at radius 3 is 2.41 bits per heavy atom. The van der Waals surface area contributed by atoms with Crippen molar-refractivity contribution >= 4 is 5.91 Å². The van der Waals surface area contributed by atoms with Crippen molar-refractivity contribution in [2.75, 3.05) is 19.6 Å². The molecule has 2 heterocycles. The Labute approximate surface area is 105 Å². The smallest absolute Gasteiger partial charge is 0.225 e. The molecule has 2 fully saturated rings. The van der Waals surface area contributed by atoms with Crippen molar-refractivity contribution in [1.82, 2.24) is 10.2 Å². The van der Waals surface area contributed by atoms with Crippen LogP contribution in [-0.4, -0.2) is 36.5 Å². The van der Waals surface area contributed by atoms with E-state index in [9.17, 15) is 4.79 Å². The number of hydrogen-bond acceptors (Lipinski definition) is 2. The highest BCUT2D eigenvalue weighted by molar-refractivity contribution is 5.79. The van der Waals surface area contributed by atoms with Gasteiger partial charge in [0, 0.05) is 25.0 Å². The molecule has 1 amide bonds. The fourth-order valence-corrected chi connectivity index (χ4v) is 3.08. The lowest BCUT2D eigenvalue weighted by Crippen LogP contribution is -2.45. The third kappa shape index (κ3) is 3.70. The van der Waals surface area contributed by atoms with E-state index in [0.29, 0.717) is 11.9 Å². The van der Waals surface area contributed by atoms with E-state index in [0.717, 1.165) is 32.5 Å². The van der Waals surface area contributed by atoms with E-state index in [4.69, 9.17) is 0 Å². The van der Waals surface area contributed by atoms with Gasteiger partial charge in [-0.1, -0.05) is 19.3 Å². The van der Waals surface area contributed by atoms with Gasteiger partial charge in [-0.05, 0) is 39.2 Å². The molecule has 2 saturated heterocycles. The van der Waals surface area contributed by atoms with Gasteiger partial charge < -0.3 is 10.2 Å². The molecule has 2 unspecified atom stereocenters. The molecule has 0 radical (unpaired) electrons. The van der Waals surface area contributed by atoms with Crippen LogP contribution in [0.5, 0.6) is 0 Å². The molecule has 3 nitrogen and oxygen atoms in total. The average Bonchev–Trinajstić information content (AvgIpc) is 2.28. The number of amides is 1. The zero-order valence-electron chi connectivity index (χ0n) is 11.1. The van der Waals surface area contributed by atoms with Crippen molar-refractivity contribution < 1.29 is 4.79 Å². The number of nitrogens with one attached hydrogen (secondary N) is 1. The second-order valence-corrected chi connectivity index (χ2v) is 5.67. The zero-order valence-corrected chi connectivity index (χ0v) is 11.1. The van der Waals surface area contributed by atoms with Crippen LogP contribution in [0.4, 0.5) is 0 Å². The van der Waals surface area contributed by atoms with Crippen LogP contribution in [0.1, 0.15) is 51.9 Å². The van der Waals surface area contributed by atoms with Gasteiger partial charge in [0.2, 0.25) is 5.91 Å². The molecule has 0 spiro atoms. The van der Waals surface area contributed by atoms with Gasteiger partial charge in [-0.3, -0.25) is 4.79 Å². The summed E-state index contributed by atoms with van der Waals surface area (Å²) in [5, 5.41) is 3.42. The molecule has 0 aromatic carbocycles. The number of rotatable bonds is 1. The molecule has 2 rings (SSSR count). The van der Waals surface area contributed by atoms with Crippen molar-refractivity contribution in [1.29, 1.82) is 0 Å². The van der Waals surface area contributed by atoms with Gasteiger partial charge in [0.15, 0.2) is 0 Å². The van der Waals surface area contributed by atoms with Gasteiger partial charge in [-0.25, -0.2) is 0 Å². The summed E-state index contributed by atoms with van der Waals surface area (Å²) in [5.74, 6) is 0.714. The van der Waals surface area contributed by atoms with Crippen LogP contribution in [0.25, 0.3) is 0 Å². The number of hydrogen-bond donors (Lipinski definition) is 1. The Morgan fingerprint density at radius 1 is 1.12 bits per heavy atom. The van der Waals surface area contributed by atoms with Gasteiger partial charge in [0.25, 0.3) is 0 Å². The monoisotopic (exact) mass is 238 g/mol. The van der Waals surface area contributed by atoms with E-state index in [2.05, 4.69) is 17.1 Å². The summed E-state index contributed by atoms with van der Waals surface area (Å²) in [5.41, 5.74) is 0. The Hall–Kier alpha value is -0.570. The minimum absolute atomic E-state index is 0.283. The molecule has 2 atom stereocenters. The molecule has 1 N–H and O–H groups in total. The van der Waals surface area contributed by atoms with E-state index >= 15 is 0 Å². The third-order valence-corrected chi connectivity index (χ3v) is 4.14. The Balaban J connectivity index is 1.87. The number of likely N-dealkylation sites (tertiary alicyclic amines) is 1. The Morgan fingerprint density at radius 2 is 1.76 bits per heavy atom. The molecule has 0 saturated carbocycles. The first-order valence-corrected chi connectivity index (χ1v) is 7.29. The van der Waals surface area contributed by atoms with E-state index < -0.39 is 0 Å². The molecular formula is C14H26N2O. The molecular weight excluding hydrogens is 212 g/mol. The minimum Gasteiger partial charge on any atom is -0.342 e. The topological polar surface area (TPSA) is 32.3 Å². The van der Waals surface area contributed by atoms with E-state index in [1.807, 2.05) is 0 Å². The zero-order chi connectivity index (χ0) is 12.1. The Kier molecular flexibility index (Phi) is 4.84. The first-order chi connectivity index (χ1) is 8.27. The number of nitrogens with zero attached hydrogens (tertiary/aromatic N) is 1. The lowest BCUT2D eigenvalue weighted by Gasteiger charge is -2.33. The van der Waals surface area contributed by atoms with Crippen molar-refractivity contribution in [3.63, 3.8) is 0 Å². The normalized spacial score (nSPS) is 31.7. The van der Waals surface area contributed by atoms with Crippen molar-refractivity contribution in [3.05, 3.63) is 0 Å². The Bertz CT molecular complexity index is 247. The van der Waals surface area contributed by atoms with Crippen LogP contribution in [0.2, 0.25) is 0 Å². The van der Waals surface area contributed by atoms with Crippen LogP contribution < -0.4 is 5.32 Å². The quantitative estimate of drug-likeness (QED) is 0.759. The van der Waals surface area contributed by atoms with E-state index in [1.165, 1.54) is 32.1 Å². The van der Waals surface area contributed by atoms with Gasteiger partial charge in [-0.2, -0.15) is 0 Å². The summed E-state index contributed by atoms with van der Waals surface area (Å²) < 4.78 is 0. The fraction of sp³-hybridized carbons (Fsp3) is 0.929. The fourth-order valence-electron chi connectivity index (χ4n) is 3.08. The summed E-state index contributed by atoms with van der Waals surface area (Å²) >= 11 is 0. The molecule has 0 aromatic rings. The van der Waals surface area contributed by atoms with Crippen LogP contribution >= 0.6 is 0 Å². The number of piperidine rings is 1. The second-order valence-electron chi connectivity index (χ2n) is 5.67.